The van der Waals surface area contributed by atoms with Crippen LogP contribution in [0, 0.1) is 6.92 Å². The first kappa shape index (κ1) is 14.2. The molecule has 0 bridgehead atoms. The molecule has 2 aromatic carbocycles. The van der Waals surface area contributed by atoms with Crippen LogP contribution in [-0.2, 0) is 6.54 Å². The summed E-state index contributed by atoms with van der Waals surface area (Å²) in [6.45, 7) is 2.41. The highest BCUT2D eigenvalue weighted by Crippen LogP contribution is 2.07. The molecule has 0 aliphatic heterocycles. The lowest BCUT2D eigenvalue weighted by Gasteiger charge is -2.07. The van der Waals surface area contributed by atoms with E-state index in [4.69, 9.17) is 18.0 Å². The maximum atomic E-state index is 12.0. The monoisotopic (exact) mass is 284 g/mol. The first-order valence-corrected chi connectivity index (χ1v) is 6.71. The minimum atomic E-state index is -0.0885. The number of nitrogens with two attached hydrogens (primary N) is 1. The van der Waals surface area contributed by atoms with Crippen molar-refractivity contribution < 1.29 is 4.79 Å². The van der Waals surface area contributed by atoms with E-state index >= 15 is 0 Å². The Bertz CT molecular complexity index is 652. The van der Waals surface area contributed by atoms with E-state index in [2.05, 4.69) is 5.32 Å². The molecular formula is C16H16N2OS. The number of thiocarbonyl (C=S) groups is 1. The molecule has 0 aromatic heterocycles. The van der Waals surface area contributed by atoms with Crippen molar-refractivity contribution in [2.45, 2.75) is 13.5 Å². The topological polar surface area (TPSA) is 55.1 Å². The molecule has 2 rings (SSSR count). The molecule has 0 unspecified atom stereocenters. The lowest BCUT2D eigenvalue weighted by molar-refractivity contribution is 0.0951. The van der Waals surface area contributed by atoms with E-state index in [0.29, 0.717) is 17.1 Å². The normalized spacial score (nSPS) is 10.1. The maximum Gasteiger partial charge on any atom is 0.251 e. The van der Waals surface area contributed by atoms with Crippen molar-refractivity contribution in [3.63, 3.8) is 0 Å². The summed E-state index contributed by atoms with van der Waals surface area (Å²) in [7, 11) is 0. The second-order valence-electron chi connectivity index (χ2n) is 4.62. The summed E-state index contributed by atoms with van der Waals surface area (Å²) in [6.07, 6.45) is 0. The Morgan fingerprint density at radius 2 is 1.85 bits per heavy atom. The molecule has 0 radical (unpaired) electrons. The van der Waals surface area contributed by atoms with Gasteiger partial charge >= 0.3 is 0 Å². The summed E-state index contributed by atoms with van der Waals surface area (Å²) >= 11 is 4.94. The van der Waals surface area contributed by atoms with E-state index in [1.807, 2.05) is 49.4 Å². The van der Waals surface area contributed by atoms with Gasteiger partial charge in [-0.05, 0) is 30.7 Å². The van der Waals surface area contributed by atoms with E-state index in [0.717, 1.165) is 16.7 Å². The van der Waals surface area contributed by atoms with Crippen LogP contribution in [0.2, 0.25) is 0 Å². The third kappa shape index (κ3) is 3.65. The molecule has 0 atom stereocenters. The molecule has 0 heterocycles. The number of hydrogen-bond acceptors (Lipinski definition) is 2. The third-order valence-corrected chi connectivity index (χ3v) is 3.18. The third-order valence-electron chi connectivity index (χ3n) is 2.94. The number of nitrogens with one attached hydrogen (secondary N) is 1. The second-order valence-corrected chi connectivity index (χ2v) is 5.06. The summed E-state index contributed by atoms with van der Waals surface area (Å²) in [6, 6.07) is 15.0. The Morgan fingerprint density at radius 3 is 2.55 bits per heavy atom. The number of hydrogen-bond donors (Lipinski definition) is 2. The molecule has 2 aromatic rings. The standard InChI is InChI=1S/C16H16N2OS/c1-11-4-2-7-14(8-11)16(19)18-10-12-5-3-6-13(9-12)15(17)20/h2-9H,10H2,1H3,(H2,17,20)(H,18,19). The fraction of sp³-hybridized carbons (Fsp3) is 0.125. The van der Waals surface area contributed by atoms with Gasteiger partial charge in [0.15, 0.2) is 0 Å². The molecule has 0 fully saturated rings. The summed E-state index contributed by atoms with van der Waals surface area (Å²) in [5, 5.41) is 2.89. The Balaban J connectivity index is 2.03. The van der Waals surface area contributed by atoms with Crippen molar-refractivity contribution in [2.75, 3.05) is 0 Å². The van der Waals surface area contributed by atoms with E-state index < -0.39 is 0 Å². The minimum Gasteiger partial charge on any atom is -0.389 e. The van der Waals surface area contributed by atoms with E-state index in [1.165, 1.54) is 0 Å². The number of aryl methyl sites for hydroxylation is 1. The average molecular weight is 284 g/mol. The van der Waals surface area contributed by atoms with Gasteiger partial charge < -0.3 is 11.1 Å². The molecule has 20 heavy (non-hydrogen) atoms. The van der Waals surface area contributed by atoms with Crippen LogP contribution in [0.4, 0.5) is 0 Å². The largest absolute Gasteiger partial charge is 0.389 e. The van der Waals surface area contributed by atoms with Crippen molar-refractivity contribution in [1.82, 2.24) is 5.32 Å². The molecular weight excluding hydrogens is 268 g/mol. The molecule has 3 N–H and O–H groups in total. The fourth-order valence-electron chi connectivity index (χ4n) is 1.91. The number of rotatable bonds is 4. The Labute approximate surface area is 123 Å². The van der Waals surface area contributed by atoms with Gasteiger partial charge in [0, 0.05) is 17.7 Å². The van der Waals surface area contributed by atoms with Crippen LogP contribution < -0.4 is 11.1 Å². The van der Waals surface area contributed by atoms with Gasteiger partial charge in [-0.15, -0.1) is 0 Å². The van der Waals surface area contributed by atoms with Crippen molar-refractivity contribution in [1.29, 1.82) is 0 Å². The average Bonchev–Trinajstić information content (AvgIpc) is 2.45. The first-order chi connectivity index (χ1) is 9.56. The molecule has 0 aliphatic carbocycles. The lowest BCUT2D eigenvalue weighted by Crippen LogP contribution is -2.23. The van der Waals surface area contributed by atoms with E-state index in [9.17, 15) is 4.79 Å². The molecule has 3 nitrogen and oxygen atoms in total. The zero-order valence-corrected chi connectivity index (χ0v) is 12.0. The van der Waals surface area contributed by atoms with Crippen molar-refractivity contribution in [3.8, 4) is 0 Å². The lowest BCUT2D eigenvalue weighted by atomic mass is 10.1. The zero-order valence-electron chi connectivity index (χ0n) is 11.2. The quantitative estimate of drug-likeness (QED) is 0.848. The zero-order chi connectivity index (χ0) is 14.5. The Kier molecular flexibility index (Phi) is 4.48. The van der Waals surface area contributed by atoms with Gasteiger partial charge in [0.25, 0.3) is 5.91 Å². The highest BCUT2D eigenvalue weighted by atomic mass is 32.1. The predicted molar refractivity (Wildman–Crippen MR) is 84.7 cm³/mol. The highest BCUT2D eigenvalue weighted by Gasteiger charge is 2.05. The first-order valence-electron chi connectivity index (χ1n) is 6.30. The van der Waals surface area contributed by atoms with Gasteiger partial charge in [-0.3, -0.25) is 4.79 Å². The molecule has 0 spiro atoms. The molecule has 0 saturated heterocycles. The molecule has 4 heteroatoms. The van der Waals surface area contributed by atoms with Crippen molar-refractivity contribution >= 4 is 23.1 Å². The van der Waals surface area contributed by atoms with Crippen LogP contribution >= 0.6 is 12.2 Å². The van der Waals surface area contributed by atoms with E-state index in [-0.39, 0.29) is 5.91 Å². The van der Waals surface area contributed by atoms with Crippen LogP contribution in [0.5, 0.6) is 0 Å². The molecule has 102 valence electrons. The van der Waals surface area contributed by atoms with Gasteiger partial charge in [-0.1, -0.05) is 48.1 Å². The van der Waals surface area contributed by atoms with Crippen LogP contribution in [-0.4, -0.2) is 10.9 Å². The molecule has 1 amide bonds. The minimum absolute atomic E-state index is 0.0885. The number of carbonyl (C=O) groups is 1. The number of amides is 1. The smallest absolute Gasteiger partial charge is 0.251 e. The number of carbonyl (C=O) groups excluding carboxylic acids is 1. The van der Waals surface area contributed by atoms with Gasteiger partial charge in [0.2, 0.25) is 0 Å². The fourth-order valence-corrected chi connectivity index (χ4v) is 2.03. The van der Waals surface area contributed by atoms with Crippen LogP contribution in [0.25, 0.3) is 0 Å². The summed E-state index contributed by atoms with van der Waals surface area (Å²) in [5.41, 5.74) is 9.09. The Hall–Kier alpha value is -2.20. The van der Waals surface area contributed by atoms with Crippen LogP contribution in [0.3, 0.4) is 0 Å². The number of benzene rings is 2. The second kappa shape index (κ2) is 6.30. The maximum absolute atomic E-state index is 12.0. The van der Waals surface area contributed by atoms with Gasteiger partial charge in [0.1, 0.15) is 4.99 Å². The summed E-state index contributed by atoms with van der Waals surface area (Å²) in [4.78, 5) is 12.4. The van der Waals surface area contributed by atoms with Crippen molar-refractivity contribution in [2.24, 2.45) is 5.73 Å². The van der Waals surface area contributed by atoms with E-state index in [1.54, 1.807) is 6.07 Å². The highest BCUT2D eigenvalue weighted by molar-refractivity contribution is 7.80. The van der Waals surface area contributed by atoms with Crippen LogP contribution in [0.1, 0.15) is 27.0 Å². The van der Waals surface area contributed by atoms with Crippen molar-refractivity contribution in [3.05, 3.63) is 70.8 Å². The molecule has 0 saturated carbocycles. The van der Waals surface area contributed by atoms with Gasteiger partial charge in [-0.2, -0.15) is 0 Å². The SMILES string of the molecule is Cc1cccc(C(=O)NCc2cccc(C(N)=S)c2)c1. The van der Waals surface area contributed by atoms with Crippen LogP contribution in [0.15, 0.2) is 48.5 Å². The van der Waals surface area contributed by atoms with Gasteiger partial charge in [-0.25, -0.2) is 0 Å². The molecule has 0 aliphatic rings. The van der Waals surface area contributed by atoms with Gasteiger partial charge in [0.05, 0.1) is 0 Å². The summed E-state index contributed by atoms with van der Waals surface area (Å²) in [5.74, 6) is -0.0885. The summed E-state index contributed by atoms with van der Waals surface area (Å²) < 4.78 is 0. The predicted octanol–water partition coefficient (Wildman–Crippen LogP) is 2.56. The Morgan fingerprint density at radius 1 is 1.15 bits per heavy atom.